The molecule has 3 aliphatic rings. The summed E-state index contributed by atoms with van der Waals surface area (Å²) in [5, 5.41) is 5.08. The zero-order chi connectivity index (χ0) is 44.8. The van der Waals surface area contributed by atoms with Gasteiger partial charge in [-0.05, 0) is 173 Å². The van der Waals surface area contributed by atoms with Crippen molar-refractivity contribution in [2.24, 2.45) is 0 Å². The Labute approximate surface area is 398 Å². The van der Waals surface area contributed by atoms with Gasteiger partial charge in [-0.2, -0.15) is 0 Å². The summed E-state index contributed by atoms with van der Waals surface area (Å²) in [5.41, 5.74) is 23.9. The Bertz CT molecular complexity index is 3740. The van der Waals surface area contributed by atoms with Gasteiger partial charge in [0, 0.05) is 16.9 Å². The summed E-state index contributed by atoms with van der Waals surface area (Å²) in [6.07, 6.45) is 4.77. The molecule has 0 amide bonds. The van der Waals surface area contributed by atoms with Crippen molar-refractivity contribution in [3.63, 3.8) is 0 Å². The lowest BCUT2D eigenvalue weighted by Crippen LogP contribution is -2.26. The van der Waals surface area contributed by atoms with Crippen LogP contribution in [0.15, 0.2) is 237 Å². The fourth-order valence-electron chi connectivity index (χ4n) is 12.4. The number of rotatable bonds is 6. The molecule has 0 radical (unpaired) electrons. The van der Waals surface area contributed by atoms with Gasteiger partial charge in [0.2, 0.25) is 0 Å². The number of hydrogen-bond acceptors (Lipinski definition) is 1. The Balaban J connectivity index is 1.04. The molecule has 0 unspecified atom stereocenters. The van der Waals surface area contributed by atoms with Crippen LogP contribution >= 0.6 is 0 Å². The van der Waals surface area contributed by atoms with Gasteiger partial charge in [0.25, 0.3) is 0 Å². The van der Waals surface area contributed by atoms with E-state index >= 15 is 0 Å². The summed E-state index contributed by atoms with van der Waals surface area (Å²) in [6, 6.07) is 89.3. The van der Waals surface area contributed by atoms with Gasteiger partial charge in [0.15, 0.2) is 0 Å². The minimum atomic E-state index is -0.480. The van der Waals surface area contributed by atoms with Crippen LogP contribution in [-0.2, 0) is 18.3 Å². The minimum absolute atomic E-state index is 0.480. The number of nitrogens with zero attached hydrogens (tertiary/aromatic N) is 1. The van der Waals surface area contributed by atoms with Crippen molar-refractivity contribution in [2.45, 2.75) is 31.1 Å². The molecule has 11 aromatic rings. The highest BCUT2D eigenvalue weighted by atomic mass is 15.1. The van der Waals surface area contributed by atoms with Gasteiger partial charge in [-0.3, -0.25) is 0 Å². The summed E-state index contributed by atoms with van der Waals surface area (Å²) >= 11 is 0. The fraction of sp³-hybridized carbons (Fsp3) is 0.0746. The molecule has 0 heterocycles. The van der Waals surface area contributed by atoms with Gasteiger partial charge in [0.1, 0.15) is 0 Å². The third-order valence-electron chi connectivity index (χ3n) is 15.5. The van der Waals surface area contributed by atoms with E-state index in [-0.39, 0.29) is 0 Å². The molecular weight excluding hydrogens is 819 g/mol. The Morgan fingerprint density at radius 1 is 0.294 bits per heavy atom. The molecule has 14 rings (SSSR count). The molecule has 1 nitrogen and oxygen atoms in total. The van der Waals surface area contributed by atoms with Gasteiger partial charge >= 0.3 is 0 Å². The predicted molar refractivity (Wildman–Crippen MR) is 285 cm³/mol. The summed E-state index contributed by atoms with van der Waals surface area (Å²) < 4.78 is 0. The largest absolute Gasteiger partial charge is 0.310 e. The van der Waals surface area contributed by atoms with Crippen molar-refractivity contribution < 1.29 is 0 Å². The number of benzene rings is 11. The quantitative estimate of drug-likeness (QED) is 0.151. The molecular formula is C67H47N. The number of hydrogen-bond donors (Lipinski definition) is 0. The Morgan fingerprint density at radius 2 is 0.809 bits per heavy atom. The molecule has 320 valence electrons. The molecule has 1 heteroatoms. The molecule has 0 aromatic heterocycles. The van der Waals surface area contributed by atoms with E-state index in [1.807, 2.05) is 0 Å². The Morgan fingerprint density at radius 3 is 1.49 bits per heavy atom. The first-order valence-electron chi connectivity index (χ1n) is 24.3. The van der Waals surface area contributed by atoms with Crippen LogP contribution in [0.25, 0.3) is 77.2 Å². The van der Waals surface area contributed by atoms with E-state index in [2.05, 4.69) is 241 Å². The molecule has 0 N–H and O–H groups in total. The highest BCUT2D eigenvalue weighted by molar-refractivity contribution is 6.14. The lowest BCUT2D eigenvalue weighted by Gasteiger charge is -2.33. The second-order valence-corrected chi connectivity index (χ2v) is 19.0. The topological polar surface area (TPSA) is 3.24 Å². The maximum absolute atomic E-state index is 2.58. The van der Waals surface area contributed by atoms with Crippen LogP contribution in [-0.4, -0.2) is 0 Å². The van der Waals surface area contributed by atoms with E-state index < -0.39 is 5.41 Å². The number of anilines is 3. The molecule has 0 aliphatic heterocycles. The highest BCUT2D eigenvalue weighted by Crippen LogP contribution is 2.64. The van der Waals surface area contributed by atoms with E-state index in [4.69, 9.17) is 0 Å². The van der Waals surface area contributed by atoms with E-state index in [9.17, 15) is 0 Å². The SMILES string of the molecule is c1ccc(-c2ccc(N(c3ccc(-c4cc5ccccc5c5ccccc45)cc3)c3cc4c(cc3-c3ccc5c(c3)CCCC5)-c3ccccc3C43c4ccccc4-c4ccccc43)cc2)cc1. The monoisotopic (exact) mass is 865 g/mol. The standard InChI is InChI=1S/C67H47N/c1-2-16-44(17-3-1)46-32-36-51(37-33-46)68(52-38-34-47(35-39-52)59-41-49-20-6-7-21-53(49)54-22-8-9-23-55(54)59)66-43-65-61(42-60(66)50-31-30-45-18-4-5-19-48(45)40-50)58-26-12-15-29-64(58)67(65)62-27-13-10-24-56(62)57-25-11-14-28-63(57)67/h1-3,6-17,20-43H,4-5,18-19H2. The van der Waals surface area contributed by atoms with Crippen molar-refractivity contribution in [1.82, 2.24) is 0 Å². The fourth-order valence-corrected chi connectivity index (χ4v) is 12.4. The predicted octanol–water partition coefficient (Wildman–Crippen LogP) is 17.7. The normalized spacial score (nSPS) is 13.8. The van der Waals surface area contributed by atoms with E-state index in [1.165, 1.54) is 129 Å². The first kappa shape index (κ1) is 39.0. The Hall–Kier alpha value is -8.26. The van der Waals surface area contributed by atoms with Crippen molar-refractivity contribution in [3.05, 3.63) is 270 Å². The molecule has 0 atom stereocenters. The van der Waals surface area contributed by atoms with Gasteiger partial charge in [0.05, 0.1) is 11.1 Å². The summed E-state index contributed by atoms with van der Waals surface area (Å²) in [5.74, 6) is 0. The molecule has 0 bridgehead atoms. The summed E-state index contributed by atoms with van der Waals surface area (Å²) in [6.45, 7) is 0. The lowest BCUT2D eigenvalue weighted by molar-refractivity contribution is 0.686. The number of fused-ring (bicyclic) bond motifs is 14. The van der Waals surface area contributed by atoms with Crippen LogP contribution in [0.3, 0.4) is 0 Å². The molecule has 3 aliphatic carbocycles. The molecule has 68 heavy (non-hydrogen) atoms. The van der Waals surface area contributed by atoms with E-state index in [0.29, 0.717) is 0 Å². The third kappa shape index (κ3) is 5.82. The molecule has 0 fully saturated rings. The number of aryl methyl sites for hydroxylation is 2. The Kier molecular flexibility index (Phi) is 8.83. The highest BCUT2D eigenvalue weighted by Gasteiger charge is 2.52. The second kappa shape index (κ2) is 15.4. The van der Waals surface area contributed by atoms with Crippen molar-refractivity contribution in [2.75, 3.05) is 4.90 Å². The van der Waals surface area contributed by atoms with Crippen LogP contribution in [0.4, 0.5) is 17.1 Å². The zero-order valence-electron chi connectivity index (χ0n) is 37.8. The third-order valence-corrected chi connectivity index (χ3v) is 15.5. The van der Waals surface area contributed by atoms with Gasteiger partial charge < -0.3 is 4.90 Å². The summed E-state index contributed by atoms with van der Waals surface area (Å²) in [4.78, 5) is 2.54. The summed E-state index contributed by atoms with van der Waals surface area (Å²) in [7, 11) is 0. The zero-order valence-corrected chi connectivity index (χ0v) is 37.8. The van der Waals surface area contributed by atoms with Crippen LogP contribution in [0.1, 0.15) is 46.2 Å². The van der Waals surface area contributed by atoms with Crippen LogP contribution in [0, 0.1) is 0 Å². The molecule has 0 saturated carbocycles. The average Bonchev–Trinajstić information content (AvgIpc) is 3.88. The minimum Gasteiger partial charge on any atom is -0.310 e. The van der Waals surface area contributed by atoms with Crippen LogP contribution in [0.5, 0.6) is 0 Å². The van der Waals surface area contributed by atoms with Crippen molar-refractivity contribution in [3.8, 4) is 55.6 Å². The molecule has 0 saturated heterocycles. The van der Waals surface area contributed by atoms with E-state index in [1.54, 1.807) is 0 Å². The van der Waals surface area contributed by atoms with E-state index in [0.717, 1.165) is 24.2 Å². The smallest absolute Gasteiger partial charge is 0.0726 e. The van der Waals surface area contributed by atoms with Gasteiger partial charge in [-0.25, -0.2) is 0 Å². The van der Waals surface area contributed by atoms with Gasteiger partial charge in [-0.1, -0.05) is 194 Å². The maximum atomic E-state index is 2.58. The average molecular weight is 866 g/mol. The lowest BCUT2D eigenvalue weighted by atomic mass is 9.70. The molecule has 11 aromatic carbocycles. The van der Waals surface area contributed by atoms with Crippen LogP contribution < -0.4 is 4.90 Å². The van der Waals surface area contributed by atoms with Crippen LogP contribution in [0.2, 0.25) is 0 Å². The maximum Gasteiger partial charge on any atom is 0.0726 e. The first-order valence-corrected chi connectivity index (χ1v) is 24.3. The van der Waals surface area contributed by atoms with Crippen molar-refractivity contribution in [1.29, 1.82) is 0 Å². The molecule has 1 spiro atoms. The van der Waals surface area contributed by atoms with Crippen molar-refractivity contribution >= 4 is 38.6 Å². The first-order chi connectivity index (χ1) is 33.7. The second-order valence-electron chi connectivity index (χ2n) is 19.0. The van der Waals surface area contributed by atoms with Gasteiger partial charge in [-0.15, -0.1) is 0 Å².